The molecule has 1 aliphatic rings. The molecule has 0 radical (unpaired) electrons. The van der Waals surface area contributed by atoms with E-state index in [1.165, 1.54) is 6.07 Å². The molecule has 0 spiro atoms. The maximum atomic E-state index is 14.8. The summed E-state index contributed by atoms with van der Waals surface area (Å²) < 4.78 is 21.7. The van der Waals surface area contributed by atoms with Crippen LogP contribution in [0.4, 0.5) is 20.7 Å². The van der Waals surface area contributed by atoms with E-state index >= 15 is 0 Å². The van der Waals surface area contributed by atoms with E-state index in [0.717, 1.165) is 5.56 Å². The number of nitrogens with zero attached hydrogens (tertiary/aromatic N) is 6. The van der Waals surface area contributed by atoms with Crippen LogP contribution in [0.5, 0.6) is 5.75 Å². The summed E-state index contributed by atoms with van der Waals surface area (Å²) in [5, 5.41) is 21.5. The van der Waals surface area contributed by atoms with Gasteiger partial charge in [0.2, 0.25) is 0 Å². The first kappa shape index (κ1) is 34.4. The van der Waals surface area contributed by atoms with Gasteiger partial charge in [-0.15, -0.1) is 0 Å². The Hall–Kier alpha value is -5.46. The molecule has 0 unspecified atom stereocenters. The number of anilines is 2. The molecule has 2 aromatic carbocycles. The highest BCUT2D eigenvalue weighted by atomic mass is 35.5. The van der Waals surface area contributed by atoms with Crippen LogP contribution in [0.3, 0.4) is 0 Å². The fourth-order valence-corrected chi connectivity index (χ4v) is 5.17. The van der Waals surface area contributed by atoms with Gasteiger partial charge in [-0.1, -0.05) is 11.6 Å². The number of nitrogens with one attached hydrogen (secondary N) is 2. The van der Waals surface area contributed by atoms with Gasteiger partial charge < -0.3 is 36.0 Å². The number of halogens is 2. The van der Waals surface area contributed by atoms with Crippen molar-refractivity contribution in [3.63, 3.8) is 0 Å². The molecular weight excluding hydrogens is 633 g/mol. The molecule has 1 saturated heterocycles. The number of ether oxygens (including phenoxy) is 1. The topological polar surface area (TPSA) is 191 Å². The Kier molecular flexibility index (Phi) is 11.5. The largest absolute Gasteiger partial charge is 0.483 e. The van der Waals surface area contributed by atoms with E-state index in [9.17, 15) is 14.0 Å². The van der Waals surface area contributed by atoms with Gasteiger partial charge in [-0.05, 0) is 49.7 Å². The normalized spacial score (nSPS) is 13.2. The lowest BCUT2D eigenvalue weighted by molar-refractivity contribution is -0.122. The average Bonchev–Trinajstić information content (AvgIpc) is 3.49. The third-order valence-electron chi connectivity index (χ3n) is 7.19. The van der Waals surface area contributed by atoms with Crippen molar-refractivity contribution in [2.24, 2.45) is 5.73 Å². The first-order chi connectivity index (χ1) is 22.6. The zero-order valence-electron chi connectivity index (χ0n) is 25.6. The summed E-state index contributed by atoms with van der Waals surface area (Å²) in [6.07, 6.45) is 4.83. The van der Waals surface area contributed by atoms with Crippen LogP contribution >= 0.6 is 11.6 Å². The molecule has 0 bridgehead atoms. The number of piperazine rings is 1. The first-order valence-electron chi connectivity index (χ1n) is 14.4. The smallest absolute Gasteiger partial charge is 0.317 e. The second kappa shape index (κ2) is 15.7. The number of aromatic nitrogens is 3. The maximum absolute atomic E-state index is 14.8. The Morgan fingerprint density at radius 3 is 2.57 bits per heavy atom. The summed E-state index contributed by atoms with van der Waals surface area (Å²) >= 11 is 6.33. The molecule has 1 aliphatic heterocycles. The monoisotopic (exact) mass is 665 g/mol. The number of hydrogen-bond donors (Lipinski definition) is 4. The predicted molar refractivity (Wildman–Crippen MR) is 172 cm³/mol. The van der Waals surface area contributed by atoms with Crippen LogP contribution in [0.2, 0.25) is 5.02 Å². The molecule has 2 aromatic heterocycles. The highest BCUT2D eigenvalue weighted by molar-refractivity contribution is 6.33. The van der Waals surface area contributed by atoms with Crippen molar-refractivity contribution < 1.29 is 28.6 Å². The summed E-state index contributed by atoms with van der Waals surface area (Å²) in [6.45, 7) is 5.27. The van der Waals surface area contributed by atoms with E-state index in [0.29, 0.717) is 66.7 Å². The Morgan fingerprint density at radius 2 is 1.91 bits per heavy atom. The molecule has 4 aromatic rings. The van der Waals surface area contributed by atoms with Gasteiger partial charge >= 0.3 is 6.03 Å². The van der Waals surface area contributed by atoms with Crippen LogP contribution in [0.15, 0.2) is 48.9 Å². The molecule has 0 saturated carbocycles. The number of aryl methyl sites for hydroxylation is 1. The van der Waals surface area contributed by atoms with Crippen molar-refractivity contribution in [3.8, 4) is 23.1 Å². The number of carboxylic acid groups (broad SMARTS) is 1. The number of rotatable bonds is 8. The highest BCUT2D eigenvalue weighted by Gasteiger charge is 2.26. The maximum Gasteiger partial charge on any atom is 0.317 e. The number of benzene rings is 2. The lowest BCUT2D eigenvalue weighted by atomic mass is 10.1. The molecule has 3 amide bonds. The third-order valence-corrected chi connectivity index (χ3v) is 7.56. The quantitative estimate of drug-likeness (QED) is 0.202. The lowest BCUT2D eigenvalue weighted by Gasteiger charge is -2.35. The molecule has 0 aliphatic carbocycles. The van der Waals surface area contributed by atoms with Crippen molar-refractivity contribution in [2.75, 3.05) is 44.6 Å². The van der Waals surface area contributed by atoms with Gasteiger partial charge in [-0.2, -0.15) is 5.26 Å². The number of urea groups is 1. The van der Waals surface area contributed by atoms with Crippen LogP contribution in [-0.4, -0.2) is 93.1 Å². The fraction of sp³-hybridized carbons (Fsp3) is 0.290. The molecule has 5 N–H and O–H groups in total. The Labute approximate surface area is 274 Å². The van der Waals surface area contributed by atoms with E-state index < -0.39 is 5.82 Å². The van der Waals surface area contributed by atoms with E-state index in [1.54, 1.807) is 57.1 Å². The van der Waals surface area contributed by atoms with Gasteiger partial charge in [0.15, 0.2) is 29.6 Å². The molecule has 16 heteroatoms. The van der Waals surface area contributed by atoms with Crippen molar-refractivity contribution in [1.82, 2.24) is 29.5 Å². The predicted octanol–water partition coefficient (Wildman–Crippen LogP) is 3.66. The van der Waals surface area contributed by atoms with Gasteiger partial charge in [0.25, 0.3) is 12.4 Å². The average molecular weight is 666 g/mol. The van der Waals surface area contributed by atoms with Crippen LogP contribution in [0.25, 0.3) is 16.9 Å². The second-order valence-electron chi connectivity index (χ2n) is 10.5. The molecule has 1 atom stereocenters. The van der Waals surface area contributed by atoms with Crippen LogP contribution in [0, 0.1) is 24.1 Å². The van der Waals surface area contributed by atoms with Crippen molar-refractivity contribution in [2.45, 2.75) is 19.9 Å². The molecule has 3 heterocycles. The number of fused-ring (bicyclic) bond motifs is 1. The summed E-state index contributed by atoms with van der Waals surface area (Å²) in [5.41, 5.74) is 9.15. The van der Waals surface area contributed by atoms with E-state index in [4.69, 9.17) is 37.2 Å². The molecule has 5 rings (SSSR count). The van der Waals surface area contributed by atoms with Crippen molar-refractivity contribution in [3.05, 3.63) is 70.9 Å². The van der Waals surface area contributed by atoms with E-state index in [2.05, 4.69) is 20.6 Å². The fourth-order valence-electron chi connectivity index (χ4n) is 4.92. The number of carbonyl (C=O) groups excluding carboxylic acids is 2. The number of carbonyl (C=O) groups is 3. The Bertz CT molecular complexity index is 1800. The van der Waals surface area contributed by atoms with Gasteiger partial charge in [-0.25, -0.2) is 19.2 Å². The number of hydrogen-bond acceptors (Lipinski definition) is 9. The van der Waals surface area contributed by atoms with Crippen LogP contribution < -0.4 is 21.1 Å². The van der Waals surface area contributed by atoms with E-state index in [1.807, 2.05) is 19.9 Å². The minimum Gasteiger partial charge on any atom is -0.483 e. The molecule has 1 fully saturated rings. The summed E-state index contributed by atoms with van der Waals surface area (Å²) in [6, 6.07) is 9.91. The number of nitrogens with two attached hydrogens (primary N) is 1. The van der Waals surface area contributed by atoms with Gasteiger partial charge in [0, 0.05) is 68.0 Å². The number of amides is 3. The van der Waals surface area contributed by atoms with Crippen LogP contribution in [-0.2, 0) is 4.79 Å². The number of nitriles is 1. The standard InChI is InChI=1S/C30H31ClFN9O3.CH2O2/c1-18-15-20(3-4-21(18)29(42)39-10-12-40(13-11-39)30(43)37-16-19(2)34)38-27-28-36-17-23(41(28)9-8-35-27)22-5-6-24(44-14-7-33)26(32)25(22)31;2-1-3/h3-6,8-9,15,17,19H,10-14,16,34H2,1-2H3,(H,35,38)(H,37,43);1H,(H,2,3)/t19-;/m0./s1. The lowest BCUT2D eigenvalue weighted by Crippen LogP contribution is -2.54. The molecular formula is C31H33ClFN9O5. The van der Waals surface area contributed by atoms with Crippen LogP contribution in [0.1, 0.15) is 22.8 Å². The molecule has 47 heavy (non-hydrogen) atoms. The summed E-state index contributed by atoms with van der Waals surface area (Å²) in [7, 11) is 0. The zero-order chi connectivity index (χ0) is 34.1. The summed E-state index contributed by atoms with van der Waals surface area (Å²) in [5.74, 6) is -0.535. The van der Waals surface area contributed by atoms with Gasteiger partial charge in [0.1, 0.15) is 6.07 Å². The van der Waals surface area contributed by atoms with E-state index in [-0.39, 0.29) is 41.8 Å². The molecule has 14 nitrogen and oxygen atoms in total. The third kappa shape index (κ3) is 8.04. The second-order valence-corrected chi connectivity index (χ2v) is 10.9. The minimum atomic E-state index is -0.767. The van der Waals surface area contributed by atoms with Crippen molar-refractivity contribution in [1.29, 1.82) is 5.26 Å². The minimum absolute atomic E-state index is 0.101. The van der Waals surface area contributed by atoms with Crippen molar-refractivity contribution >= 4 is 47.2 Å². The number of imidazole rings is 1. The Balaban J connectivity index is 0.00000160. The zero-order valence-corrected chi connectivity index (χ0v) is 26.4. The van der Waals surface area contributed by atoms with Gasteiger partial charge in [0.05, 0.1) is 16.9 Å². The Morgan fingerprint density at radius 1 is 1.21 bits per heavy atom. The SMILES string of the molecule is Cc1cc(Nc2nccn3c(-c4ccc(OCC#N)c(F)c4Cl)cnc23)ccc1C(=O)N1CCN(C(=O)NC[C@H](C)N)CC1.O=CO. The first-order valence-corrected chi connectivity index (χ1v) is 14.8. The highest BCUT2D eigenvalue weighted by Crippen LogP contribution is 2.36. The summed E-state index contributed by atoms with van der Waals surface area (Å²) in [4.78, 5) is 46.3. The van der Waals surface area contributed by atoms with Gasteiger partial charge in [-0.3, -0.25) is 14.0 Å². The molecule has 246 valence electrons.